The maximum Gasteiger partial charge on any atom is 0.0283 e. The summed E-state index contributed by atoms with van der Waals surface area (Å²) < 4.78 is 0. The van der Waals surface area contributed by atoms with Crippen LogP contribution in [0.5, 0.6) is 0 Å². The Labute approximate surface area is 95.3 Å². The lowest BCUT2D eigenvalue weighted by molar-refractivity contribution is 0.226. The first-order chi connectivity index (χ1) is 7.17. The minimum Gasteiger partial charge on any atom is -0.386 e. The van der Waals surface area contributed by atoms with E-state index >= 15 is 0 Å². The molecule has 1 nitrogen and oxygen atoms in total. The largest absolute Gasteiger partial charge is 0.386 e. The third-order valence-electron chi connectivity index (χ3n) is 3.83. The van der Waals surface area contributed by atoms with Crippen molar-refractivity contribution in [2.24, 2.45) is 11.8 Å². The highest BCUT2D eigenvalue weighted by Gasteiger charge is 2.25. The van der Waals surface area contributed by atoms with Crippen LogP contribution in [0.25, 0.3) is 0 Å². The maximum atomic E-state index is 3.67. The van der Waals surface area contributed by atoms with Crippen molar-refractivity contribution >= 4 is 0 Å². The highest BCUT2D eigenvalue weighted by atomic mass is 14.9. The van der Waals surface area contributed by atoms with Gasteiger partial charge in [-0.05, 0) is 44.9 Å². The lowest BCUT2D eigenvalue weighted by Crippen LogP contribution is -2.36. The van der Waals surface area contributed by atoms with Gasteiger partial charge < -0.3 is 5.32 Å². The summed E-state index contributed by atoms with van der Waals surface area (Å²) in [6.45, 7) is 8.99. The summed E-state index contributed by atoms with van der Waals surface area (Å²) in [7, 11) is 0. The highest BCUT2D eigenvalue weighted by Crippen LogP contribution is 2.31. The standard InChI is InChI=1S/C14H27N/c1-5-12(4)15-14(6-2)13-9-7-8-11(3)10-13/h5,11,13-15H,6-10H2,1-4H3/b12-5-. The van der Waals surface area contributed by atoms with Crippen LogP contribution >= 0.6 is 0 Å². The van der Waals surface area contributed by atoms with E-state index in [1.807, 2.05) is 0 Å². The number of rotatable bonds is 4. The molecule has 15 heavy (non-hydrogen) atoms. The minimum absolute atomic E-state index is 0.698. The maximum absolute atomic E-state index is 3.67. The molecule has 88 valence electrons. The fraction of sp³-hybridized carbons (Fsp3) is 0.857. The summed E-state index contributed by atoms with van der Waals surface area (Å²) in [5.74, 6) is 1.83. The summed E-state index contributed by atoms with van der Waals surface area (Å²) in [4.78, 5) is 0. The summed E-state index contributed by atoms with van der Waals surface area (Å²) in [5, 5.41) is 3.67. The number of hydrogen-bond donors (Lipinski definition) is 1. The Morgan fingerprint density at radius 1 is 1.47 bits per heavy atom. The Hall–Kier alpha value is -0.460. The molecule has 1 fully saturated rings. The van der Waals surface area contributed by atoms with Gasteiger partial charge in [0.25, 0.3) is 0 Å². The molecular weight excluding hydrogens is 182 g/mol. The van der Waals surface area contributed by atoms with E-state index in [4.69, 9.17) is 0 Å². The van der Waals surface area contributed by atoms with E-state index < -0.39 is 0 Å². The first kappa shape index (κ1) is 12.6. The number of hydrogen-bond acceptors (Lipinski definition) is 1. The number of allylic oxidation sites excluding steroid dienone is 2. The molecule has 0 aliphatic heterocycles. The molecule has 0 saturated heterocycles. The van der Waals surface area contributed by atoms with Gasteiger partial charge in [0.15, 0.2) is 0 Å². The quantitative estimate of drug-likeness (QED) is 0.735. The van der Waals surface area contributed by atoms with Crippen molar-refractivity contribution in [3.05, 3.63) is 11.8 Å². The van der Waals surface area contributed by atoms with Gasteiger partial charge in [-0.15, -0.1) is 0 Å². The van der Waals surface area contributed by atoms with Crippen LogP contribution in [0.4, 0.5) is 0 Å². The van der Waals surface area contributed by atoms with Crippen molar-refractivity contribution in [1.29, 1.82) is 0 Å². The van der Waals surface area contributed by atoms with E-state index in [1.165, 1.54) is 37.8 Å². The smallest absolute Gasteiger partial charge is 0.0283 e. The van der Waals surface area contributed by atoms with E-state index in [0.29, 0.717) is 6.04 Å². The molecule has 0 spiro atoms. The monoisotopic (exact) mass is 209 g/mol. The fourth-order valence-corrected chi connectivity index (χ4v) is 2.78. The molecule has 1 aliphatic rings. The first-order valence-corrected chi connectivity index (χ1v) is 6.56. The molecule has 0 heterocycles. The molecule has 3 atom stereocenters. The third-order valence-corrected chi connectivity index (χ3v) is 3.83. The van der Waals surface area contributed by atoms with E-state index in [-0.39, 0.29) is 0 Å². The van der Waals surface area contributed by atoms with Gasteiger partial charge in [0.05, 0.1) is 0 Å². The molecule has 0 amide bonds. The third kappa shape index (κ3) is 3.89. The van der Waals surface area contributed by atoms with E-state index in [9.17, 15) is 0 Å². The fourth-order valence-electron chi connectivity index (χ4n) is 2.78. The molecule has 1 saturated carbocycles. The van der Waals surface area contributed by atoms with Crippen LogP contribution in [-0.2, 0) is 0 Å². The van der Waals surface area contributed by atoms with Gasteiger partial charge in [-0.1, -0.05) is 32.8 Å². The lowest BCUT2D eigenvalue weighted by Gasteiger charge is -2.34. The van der Waals surface area contributed by atoms with Crippen LogP contribution in [0.15, 0.2) is 11.8 Å². The van der Waals surface area contributed by atoms with Gasteiger partial charge in [0, 0.05) is 11.7 Å². The van der Waals surface area contributed by atoms with Gasteiger partial charge in [0.2, 0.25) is 0 Å². The molecule has 0 aromatic heterocycles. The summed E-state index contributed by atoms with van der Waals surface area (Å²) in [5.41, 5.74) is 1.33. The molecule has 0 aromatic carbocycles. The molecule has 0 radical (unpaired) electrons. The van der Waals surface area contributed by atoms with Gasteiger partial charge in [-0.3, -0.25) is 0 Å². The van der Waals surface area contributed by atoms with Crippen molar-refractivity contribution in [3.63, 3.8) is 0 Å². The molecule has 1 heteroatoms. The van der Waals surface area contributed by atoms with Gasteiger partial charge in [0.1, 0.15) is 0 Å². The van der Waals surface area contributed by atoms with Crippen LogP contribution < -0.4 is 5.32 Å². The average molecular weight is 209 g/mol. The molecule has 1 rings (SSSR count). The average Bonchev–Trinajstić information content (AvgIpc) is 2.25. The predicted molar refractivity (Wildman–Crippen MR) is 67.8 cm³/mol. The van der Waals surface area contributed by atoms with Gasteiger partial charge in [-0.25, -0.2) is 0 Å². The second-order valence-electron chi connectivity index (χ2n) is 5.16. The Morgan fingerprint density at radius 2 is 2.20 bits per heavy atom. The van der Waals surface area contributed by atoms with Gasteiger partial charge >= 0.3 is 0 Å². The molecule has 0 aromatic rings. The van der Waals surface area contributed by atoms with Crippen LogP contribution in [0, 0.1) is 11.8 Å². The van der Waals surface area contributed by atoms with Crippen molar-refractivity contribution in [3.8, 4) is 0 Å². The molecule has 1 aliphatic carbocycles. The second-order valence-corrected chi connectivity index (χ2v) is 5.16. The van der Waals surface area contributed by atoms with Crippen LogP contribution in [0.2, 0.25) is 0 Å². The Balaban J connectivity index is 2.49. The van der Waals surface area contributed by atoms with Crippen molar-refractivity contribution < 1.29 is 0 Å². The Bertz CT molecular complexity index is 207. The highest BCUT2D eigenvalue weighted by molar-refractivity contribution is 4.96. The second kappa shape index (κ2) is 6.19. The van der Waals surface area contributed by atoms with Crippen LogP contribution in [0.1, 0.15) is 59.8 Å². The lowest BCUT2D eigenvalue weighted by atomic mass is 9.78. The summed E-state index contributed by atoms with van der Waals surface area (Å²) in [6, 6.07) is 0.698. The summed E-state index contributed by atoms with van der Waals surface area (Å²) in [6.07, 6.45) is 9.14. The SMILES string of the molecule is C/C=C(/C)NC(CC)C1CCCC(C)C1. The van der Waals surface area contributed by atoms with E-state index in [0.717, 1.165) is 11.8 Å². The Kier molecular flexibility index (Phi) is 5.21. The normalized spacial score (nSPS) is 30.0. The summed E-state index contributed by atoms with van der Waals surface area (Å²) >= 11 is 0. The zero-order valence-electron chi connectivity index (χ0n) is 10.8. The molecule has 1 N–H and O–H groups in total. The van der Waals surface area contributed by atoms with Gasteiger partial charge in [-0.2, -0.15) is 0 Å². The first-order valence-electron chi connectivity index (χ1n) is 6.56. The topological polar surface area (TPSA) is 12.0 Å². The zero-order valence-corrected chi connectivity index (χ0v) is 10.8. The Morgan fingerprint density at radius 3 is 2.73 bits per heavy atom. The molecule has 0 bridgehead atoms. The predicted octanol–water partition coefficient (Wildman–Crippen LogP) is 4.10. The minimum atomic E-state index is 0.698. The van der Waals surface area contributed by atoms with Crippen molar-refractivity contribution in [1.82, 2.24) is 5.32 Å². The van der Waals surface area contributed by atoms with E-state index in [1.54, 1.807) is 0 Å². The van der Waals surface area contributed by atoms with Crippen molar-refractivity contribution in [2.75, 3.05) is 0 Å². The molecule has 3 unspecified atom stereocenters. The molecular formula is C14H27N. The van der Waals surface area contributed by atoms with Crippen molar-refractivity contribution in [2.45, 2.75) is 65.8 Å². The van der Waals surface area contributed by atoms with Crippen LogP contribution in [0.3, 0.4) is 0 Å². The zero-order chi connectivity index (χ0) is 11.3. The van der Waals surface area contributed by atoms with E-state index in [2.05, 4.69) is 39.1 Å². The van der Waals surface area contributed by atoms with Crippen LogP contribution in [-0.4, -0.2) is 6.04 Å². The number of nitrogens with one attached hydrogen (secondary N) is 1.